The maximum absolute atomic E-state index is 12.8. The lowest BCUT2D eigenvalue weighted by Crippen LogP contribution is -2.04. The summed E-state index contributed by atoms with van der Waals surface area (Å²) in [5, 5.41) is 31.4. The Balaban J connectivity index is 2.02. The predicted octanol–water partition coefficient (Wildman–Crippen LogP) is 5.81. The fourth-order valence-corrected chi connectivity index (χ4v) is 3.31. The summed E-state index contributed by atoms with van der Waals surface area (Å²) in [4.78, 5) is 12.8. The Hall–Kier alpha value is -3.47. The number of aromatic hydroxyl groups is 3. The second-order valence-electron chi connectivity index (χ2n) is 7.65. The van der Waals surface area contributed by atoms with Crippen LogP contribution in [-0.4, -0.2) is 15.3 Å². The second-order valence-corrected chi connectivity index (χ2v) is 7.65. The van der Waals surface area contributed by atoms with Gasteiger partial charge in [0.05, 0.1) is 0 Å². The summed E-state index contributed by atoms with van der Waals surface area (Å²) < 4.78 is 5.69. The van der Waals surface area contributed by atoms with Crippen LogP contribution in [0.1, 0.15) is 39.2 Å². The Morgan fingerprint density at radius 2 is 1.70 bits per heavy atom. The summed E-state index contributed by atoms with van der Waals surface area (Å²) in [6.45, 7) is 6.09. The average Bonchev–Trinajstić information content (AvgIpc) is 2.70. The first-order valence-electron chi connectivity index (χ1n) is 9.87. The Morgan fingerprint density at radius 3 is 2.37 bits per heavy atom. The number of hydrogen-bond acceptors (Lipinski definition) is 5. The number of allylic oxidation sites excluding steroid dienone is 4. The van der Waals surface area contributed by atoms with Gasteiger partial charge in [-0.2, -0.15) is 0 Å². The summed E-state index contributed by atoms with van der Waals surface area (Å²) in [5.74, 6) is -1.12. The number of benzene rings is 2. The molecule has 30 heavy (non-hydrogen) atoms. The van der Waals surface area contributed by atoms with Gasteiger partial charge in [0.25, 0.3) is 0 Å². The third kappa shape index (κ3) is 4.40. The molecule has 156 valence electrons. The number of hydrogen-bond donors (Lipinski definition) is 3. The van der Waals surface area contributed by atoms with Crippen molar-refractivity contribution < 1.29 is 19.7 Å². The number of phenols is 2. The van der Waals surface area contributed by atoms with E-state index >= 15 is 0 Å². The fraction of sp³-hybridized carbons (Fsp3) is 0.240. The molecule has 0 saturated carbocycles. The lowest BCUT2D eigenvalue weighted by atomic mass is 10.0. The van der Waals surface area contributed by atoms with Crippen molar-refractivity contribution in [3.05, 3.63) is 75.5 Å². The minimum atomic E-state index is -0.738. The Labute approximate surface area is 175 Å². The quantitative estimate of drug-likeness (QED) is 0.449. The highest BCUT2D eigenvalue weighted by atomic mass is 16.4. The Morgan fingerprint density at radius 1 is 1.00 bits per heavy atom. The van der Waals surface area contributed by atoms with Crippen LogP contribution < -0.4 is 5.43 Å². The van der Waals surface area contributed by atoms with Crippen molar-refractivity contribution in [2.75, 3.05) is 0 Å². The molecule has 0 radical (unpaired) electrons. The smallest absolute Gasteiger partial charge is 0.238 e. The summed E-state index contributed by atoms with van der Waals surface area (Å²) in [7, 11) is 0. The van der Waals surface area contributed by atoms with Gasteiger partial charge < -0.3 is 19.7 Å². The van der Waals surface area contributed by atoms with Crippen molar-refractivity contribution in [3.8, 4) is 28.6 Å². The molecule has 3 N–H and O–H groups in total. The van der Waals surface area contributed by atoms with Crippen LogP contribution in [-0.2, 0) is 6.42 Å². The number of fused-ring (bicyclic) bond motifs is 1. The van der Waals surface area contributed by atoms with Crippen LogP contribution in [0.5, 0.6) is 17.2 Å². The molecule has 1 aromatic heterocycles. The molecule has 0 unspecified atom stereocenters. The van der Waals surface area contributed by atoms with E-state index in [2.05, 4.69) is 6.08 Å². The summed E-state index contributed by atoms with van der Waals surface area (Å²) >= 11 is 0. The topological polar surface area (TPSA) is 90.9 Å². The SMILES string of the molecule is CC(C)=CCC/C(C)=C/Cc1c(O)cc2oc(-c3ccccc3)c(O)c(=O)c2c1O. The van der Waals surface area contributed by atoms with Gasteiger partial charge in [0.1, 0.15) is 22.5 Å². The monoisotopic (exact) mass is 406 g/mol. The largest absolute Gasteiger partial charge is 0.507 e. The highest BCUT2D eigenvalue weighted by molar-refractivity contribution is 5.89. The molecule has 3 rings (SSSR count). The van der Waals surface area contributed by atoms with Crippen molar-refractivity contribution in [3.63, 3.8) is 0 Å². The van der Waals surface area contributed by atoms with Gasteiger partial charge >= 0.3 is 0 Å². The molecule has 0 aliphatic heterocycles. The van der Waals surface area contributed by atoms with E-state index in [0.717, 1.165) is 18.4 Å². The third-order valence-corrected chi connectivity index (χ3v) is 5.00. The first-order chi connectivity index (χ1) is 14.3. The molecule has 3 aromatic rings. The maximum Gasteiger partial charge on any atom is 0.238 e. The van der Waals surface area contributed by atoms with Crippen LogP contribution in [0.2, 0.25) is 0 Å². The molecule has 2 aromatic carbocycles. The molecular weight excluding hydrogens is 380 g/mol. The predicted molar refractivity (Wildman–Crippen MR) is 119 cm³/mol. The standard InChI is InChI=1S/C25H26O5/c1-15(2)8-7-9-16(3)12-13-18-19(26)14-20-21(22(18)27)23(28)24(29)25(30-20)17-10-5-4-6-11-17/h4-6,8,10-12,14,26-27,29H,7,9,13H2,1-3H3/b16-12+. The number of phenolic OH excluding ortho intramolecular Hbond substituents is 2. The first kappa shape index (κ1) is 21.2. The van der Waals surface area contributed by atoms with E-state index in [1.54, 1.807) is 30.3 Å². The van der Waals surface area contributed by atoms with Gasteiger partial charge in [-0.15, -0.1) is 0 Å². The zero-order valence-electron chi connectivity index (χ0n) is 17.4. The van der Waals surface area contributed by atoms with Crippen LogP contribution in [0.4, 0.5) is 0 Å². The van der Waals surface area contributed by atoms with Gasteiger partial charge in [-0.1, -0.05) is 53.6 Å². The van der Waals surface area contributed by atoms with E-state index in [0.29, 0.717) is 5.56 Å². The summed E-state index contributed by atoms with van der Waals surface area (Å²) in [5.41, 5.74) is 2.39. The van der Waals surface area contributed by atoms with Crippen LogP contribution in [0.3, 0.4) is 0 Å². The molecule has 5 heteroatoms. The lowest BCUT2D eigenvalue weighted by Gasteiger charge is -2.11. The van der Waals surface area contributed by atoms with Crippen LogP contribution >= 0.6 is 0 Å². The zero-order valence-corrected chi connectivity index (χ0v) is 17.4. The van der Waals surface area contributed by atoms with Crippen LogP contribution in [0, 0.1) is 0 Å². The van der Waals surface area contributed by atoms with Crippen LogP contribution in [0.15, 0.2) is 68.9 Å². The first-order valence-corrected chi connectivity index (χ1v) is 9.87. The Kier molecular flexibility index (Phi) is 6.31. The molecule has 0 spiro atoms. The molecule has 0 saturated heterocycles. The molecule has 1 heterocycles. The van der Waals surface area contributed by atoms with Crippen molar-refractivity contribution in [2.24, 2.45) is 0 Å². The van der Waals surface area contributed by atoms with E-state index in [1.165, 1.54) is 11.6 Å². The van der Waals surface area contributed by atoms with Crippen molar-refractivity contribution >= 4 is 11.0 Å². The minimum absolute atomic E-state index is 0.00494. The van der Waals surface area contributed by atoms with Crippen molar-refractivity contribution in [2.45, 2.75) is 40.0 Å². The van der Waals surface area contributed by atoms with Crippen LogP contribution in [0.25, 0.3) is 22.3 Å². The van der Waals surface area contributed by atoms with Gasteiger partial charge in [0.15, 0.2) is 5.76 Å². The summed E-state index contributed by atoms with van der Waals surface area (Å²) in [6, 6.07) is 10.0. The van der Waals surface area contributed by atoms with Gasteiger partial charge in [-0.25, -0.2) is 0 Å². The van der Waals surface area contributed by atoms with Gasteiger partial charge in [0.2, 0.25) is 11.2 Å². The van der Waals surface area contributed by atoms with Gasteiger partial charge in [0, 0.05) is 17.2 Å². The highest BCUT2D eigenvalue weighted by Gasteiger charge is 2.21. The van der Waals surface area contributed by atoms with Gasteiger partial charge in [-0.3, -0.25) is 4.79 Å². The third-order valence-electron chi connectivity index (χ3n) is 5.00. The molecule has 0 amide bonds. The molecular formula is C25H26O5. The van der Waals surface area contributed by atoms with E-state index in [4.69, 9.17) is 4.42 Å². The second kappa shape index (κ2) is 8.91. The zero-order chi connectivity index (χ0) is 21.8. The highest BCUT2D eigenvalue weighted by Crippen LogP contribution is 2.38. The molecule has 0 fully saturated rings. The van der Waals surface area contributed by atoms with E-state index < -0.39 is 11.2 Å². The van der Waals surface area contributed by atoms with Gasteiger partial charge in [-0.05, 0) is 40.0 Å². The molecule has 5 nitrogen and oxygen atoms in total. The van der Waals surface area contributed by atoms with E-state index in [1.807, 2.05) is 26.8 Å². The molecule has 0 atom stereocenters. The molecule has 0 bridgehead atoms. The maximum atomic E-state index is 12.8. The Bertz CT molecular complexity index is 1180. The normalized spacial score (nSPS) is 11.6. The summed E-state index contributed by atoms with van der Waals surface area (Å²) in [6.07, 6.45) is 6.11. The molecule has 0 aliphatic rings. The van der Waals surface area contributed by atoms with E-state index in [9.17, 15) is 20.1 Å². The fourth-order valence-electron chi connectivity index (χ4n) is 3.31. The van der Waals surface area contributed by atoms with Crippen molar-refractivity contribution in [1.82, 2.24) is 0 Å². The number of rotatable bonds is 6. The lowest BCUT2D eigenvalue weighted by molar-refractivity contribution is 0.433. The van der Waals surface area contributed by atoms with E-state index in [-0.39, 0.29) is 40.2 Å². The minimum Gasteiger partial charge on any atom is -0.507 e. The average molecular weight is 406 g/mol. The van der Waals surface area contributed by atoms with Crippen molar-refractivity contribution in [1.29, 1.82) is 0 Å². The molecule has 0 aliphatic carbocycles.